The van der Waals surface area contributed by atoms with Gasteiger partial charge in [-0.25, -0.2) is 0 Å². The summed E-state index contributed by atoms with van der Waals surface area (Å²) in [5.41, 5.74) is 1.94. The highest BCUT2D eigenvalue weighted by molar-refractivity contribution is 7.86. The molecule has 0 aliphatic carbocycles. The Kier molecular flexibility index (Phi) is 11.9. The summed E-state index contributed by atoms with van der Waals surface area (Å²) in [6.45, 7) is 4.07. The lowest BCUT2D eigenvalue weighted by Gasteiger charge is -2.15. The predicted molar refractivity (Wildman–Crippen MR) is 130 cm³/mol. The van der Waals surface area contributed by atoms with Crippen LogP contribution in [0.25, 0.3) is 0 Å². The van der Waals surface area contributed by atoms with Gasteiger partial charge >= 0.3 is 0 Å². The quantitative estimate of drug-likeness (QED) is 0.199. The number of unbranched alkanes of at least 4 members (excludes halogenated alkanes) is 9. The van der Waals surface area contributed by atoms with Crippen molar-refractivity contribution in [2.45, 2.75) is 102 Å². The number of rotatable bonds is 16. The fourth-order valence-electron chi connectivity index (χ4n) is 4.01. The maximum absolute atomic E-state index is 12.9. The van der Waals surface area contributed by atoms with Crippen LogP contribution < -0.4 is 0 Å². The maximum Gasteiger partial charge on any atom is 0.297 e. The molecule has 0 amide bonds. The minimum Gasteiger partial charge on any atom is -0.263 e. The van der Waals surface area contributed by atoms with E-state index in [1.807, 2.05) is 49.4 Å². The van der Waals surface area contributed by atoms with E-state index < -0.39 is 16.2 Å². The lowest BCUT2D eigenvalue weighted by atomic mass is 10.0. The molecule has 4 heteroatoms. The molecule has 0 heterocycles. The highest BCUT2D eigenvalue weighted by atomic mass is 32.2. The van der Waals surface area contributed by atoms with Gasteiger partial charge in [-0.15, -0.1) is 0 Å². The van der Waals surface area contributed by atoms with Crippen molar-refractivity contribution in [2.24, 2.45) is 0 Å². The van der Waals surface area contributed by atoms with Crippen molar-refractivity contribution < 1.29 is 12.6 Å². The number of hydrogen-bond donors (Lipinski definition) is 0. The van der Waals surface area contributed by atoms with E-state index in [0.29, 0.717) is 11.3 Å². The summed E-state index contributed by atoms with van der Waals surface area (Å²) in [6, 6.07) is 17.1. The summed E-state index contributed by atoms with van der Waals surface area (Å²) in [4.78, 5) is 0.325. The molecule has 2 aromatic rings. The van der Waals surface area contributed by atoms with Gasteiger partial charge in [0.2, 0.25) is 0 Å². The molecule has 0 aromatic heterocycles. The first kappa shape index (κ1) is 25.6. The van der Waals surface area contributed by atoms with Crippen LogP contribution in [-0.4, -0.2) is 14.5 Å². The topological polar surface area (TPSA) is 43.4 Å². The maximum atomic E-state index is 12.9. The van der Waals surface area contributed by atoms with Crippen LogP contribution in [0.4, 0.5) is 0 Å². The monoisotopic (exact) mass is 444 g/mol. The van der Waals surface area contributed by atoms with E-state index in [1.165, 1.54) is 51.4 Å². The van der Waals surface area contributed by atoms with Gasteiger partial charge in [0.1, 0.15) is 0 Å². The molecule has 3 nitrogen and oxygen atoms in total. The zero-order valence-electron chi connectivity index (χ0n) is 19.4. The average molecular weight is 445 g/mol. The van der Waals surface area contributed by atoms with Gasteiger partial charge in [-0.1, -0.05) is 113 Å². The Morgan fingerprint density at radius 1 is 0.742 bits per heavy atom. The number of aryl methyl sites for hydroxylation is 1. The molecule has 0 saturated carbocycles. The Morgan fingerprint density at radius 3 is 1.94 bits per heavy atom. The molecule has 0 aliphatic rings. The second-order valence-electron chi connectivity index (χ2n) is 8.59. The van der Waals surface area contributed by atoms with Crippen molar-refractivity contribution in [3.05, 3.63) is 65.7 Å². The van der Waals surface area contributed by atoms with Crippen LogP contribution in [0.3, 0.4) is 0 Å². The Bertz CT molecular complexity index is 831. The van der Waals surface area contributed by atoms with Crippen molar-refractivity contribution >= 4 is 10.1 Å². The van der Waals surface area contributed by atoms with Gasteiger partial charge in [0.15, 0.2) is 0 Å². The van der Waals surface area contributed by atoms with Gasteiger partial charge in [-0.05, 0) is 43.4 Å². The number of benzene rings is 2. The highest BCUT2D eigenvalue weighted by Crippen LogP contribution is 2.22. The van der Waals surface area contributed by atoms with Crippen molar-refractivity contribution in [1.29, 1.82) is 0 Å². The normalized spacial score (nSPS) is 12.7. The molecule has 31 heavy (non-hydrogen) atoms. The standard InChI is InChI=1S/C27H40O3S/c1-3-4-5-6-7-8-9-10-11-15-20-26-21-16-17-22-27(26)31(28,29)30-24(2)23-25-18-13-12-14-19-25/h12-14,16-19,21-22,24H,3-11,15,20,23H2,1-2H3. The minimum absolute atomic E-state index is 0.325. The van der Waals surface area contributed by atoms with Crippen molar-refractivity contribution in [3.8, 4) is 0 Å². The molecular formula is C27H40O3S. The van der Waals surface area contributed by atoms with E-state index in [4.69, 9.17) is 4.18 Å². The van der Waals surface area contributed by atoms with E-state index in [9.17, 15) is 8.42 Å². The zero-order chi connectivity index (χ0) is 22.4. The molecule has 0 spiro atoms. The van der Waals surface area contributed by atoms with Crippen LogP contribution in [-0.2, 0) is 27.1 Å². The first-order valence-electron chi connectivity index (χ1n) is 12.1. The van der Waals surface area contributed by atoms with Gasteiger partial charge in [0.25, 0.3) is 10.1 Å². The Hall–Kier alpha value is -1.65. The summed E-state index contributed by atoms with van der Waals surface area (Å²) in [5, 5.41) is 0. The van der Waals surface area contributed by atoms with Crippen LogP contribution in [0.2, 0.25) is 0 Å². The van der Waals surface area contributed by atoms with E-state index in [2.05, 4.69) is 6.92 Å². The first-order chi connectivity index (χ1) is 15.0. The fourth-order valence-corrected chi connectivity index (χ4v) is 5.35. The Morgan fingerprint density at radius 2 is 1.29 bits per heavy atom. The summed E-state index contributed by atoms with van der Waals surface area (Å²) >= 11 is 0. The van der Waals surface area contributed by atoms with Crippen molar-refractivity contribution in [2.75, 3.05) is 0 Å². The Balaban J connectivity index is 1.78. The lowest BCUT2D eigenvalue weighted by molar-refractivity contribution is 0.229. The van der Waals surface area contributed by atoms with Gasteiger partial charge < -0.3 is 0 Å². The molecule has 1 atom stereocenters. The fraction of sp³-hybridized carbons (Fsp3) is 0.556. The van der Waals surface area contributed by atoms with Gasteiger partial charge in [-0.3, -0.25) is 4.18 Å². The first-order valence-corrected chi connectivity index (χ1v) is 13.5. The smallest absolute Gasteiger partial charge is 0.263 e. The van der Waals surface area contributed by atoms with E-state index >= 15 is 0 Å². The van der Waals surface area contributed by atoms with E-state index in [1.54, 1.807) is 12.1 Å². The molecule has 0 radical (unpaired) electrons. The molecule has 0 fully saturated rings. The number of hydrogen-bond acceptors (Lipinski definition) is 3. The summed E-state index contributed by atoms with van der Waals surface area (Å²) in [7, 11) is -3.77. The average Bonchev–Trinajstić information content (AvgIpc) is 2.75. The van der Waals surface area contributed by atoms with Crippen LogP contribution in [0.15, 0.2) is 59.5 Å². The lowest BCUT2D eigenvalue weighted by Crippen LogP contribution is -2.19. The summed E-state index contributed by atoms with van der Waals surface area (Å²) in [5.74, 6) is 0. The van der Waals surface area contributed by atoms with Crippen LogP contribution in [0.5, 0.6) is 0 Å². The molecule has 0 bridgehead atoms. The summed E-state index contributed by atoms with van der Waals surface area (Å²) in [6.07, 6.45) is 13.7. The summed E-state index contributed by atoms with van der Waals surface area (Å²) < 4.78 is 31.4. The van der Waals surface area contributed by atoms with Gasteiger partial charge in [0.05, 0.1) is 11.0 Å². The predicted octanol–water partition coefficient (Wildman–Crippen LogP) is 7.49. The van der Waals surface area contributed by atoms with Gasteiger partial charge in [-0.2, -0.15) is 8.42 Å². The van der Waals surface area contributed by atoms with Crippen LogP contribution >= 0.6 is 0 Å². The Labute approximate surface area is 190 Å². The van der Waals surface area contributed by atoms with E-state index in [0.717, 1.165) is 30.4 Å². The molecule has 0 N–H and O–H groups in total. The van der Waals surface area contributed by atoms with Crippen LogP contribution in [0, 0.1) is 0 Å². The molecular weight excluding hydrogens is 404 g/mol. The second kappa shape index (κ2) is 14.4. The molecule has 0 saturated heterocycles. The third-order valence-corrected chi connectivity index (χ3v) is 7.22. The minimum atomic E-state index is -3.77. The largest absolute Gasteiger partial charge is 0.297 e. The molecule has 1 unspecified atom stereocenters. The van der Waals surface area contributed by atoms with E-state index in [-0.39, 0.29) is 0 Å². The molecule has 2 rings (SSSR count). The van der Waals surface area contributed by atoms with Gasteiger partial charge in [0, 0.05) is 0 Å². The highest BCUT2D eigenvalue weighted by Gasteiger charge is 2.22. The zero-order valence-corrected chi connectivity index (χ0v) is 20.2. The third kappa shape index (κ3) is 10.0. The van der Waals surface area contributed by atoms with Crippen molar-refractivity contribution in [3.63, 3.8) is 0 Å². The molecule has 2 aromatic carbocycles. The van der Waals surface area contributed by atoms with Crippen LogP contribution in [0.1, 0.15) is 89.2 Å². The second-order valence-corrected chi connectivity index (χ2v) is 10.1. The van der Waals surface area contributed by atoms with Crippen molar-refractivity contribution in [1.82, 2.24) is 0 Å². The molecule has 0 aliphatic heterocycles. The SMILES string of the molecule is CCCCCCCCCCCCc1ccccc1S(=O)(=O)OC(C)Cc1ccccc1. The molecule has 172 valence electrons. The third-order valence-electron chi connectivity index (χ3n) is 5.70.